The number of nitrogens with one attached hydrogen (secondary N) is 2. The minimum atomic E-state index is -4.77. The fourth-order valence-corrected chi connectivity index (χ4v) is 2.21. The van der Waals surface area contributed by atoms with Gasteiger partial charge >= 0.3 is 12.4 Å². The van der Waals surface area contributed by atoms with E-state index in [2.05, 4.69) is 15.0 Å². The Morgan fingerprint density at radius 2 is 1.45 bits per heavy atom. The van der Waals surface area contributed by atoms with Crippen LogP contribution in [-0.4, -0.2) is 56.7 Å². The normalized spacial score (nSPS) is 26.0. The molecule has 14 heteroatoms. The van der Waals surface area contributed by atoms with E-state index in [0.29, 0.717) is 13.8 Å². The van der Waals surface area contributed by atoms with E-state index in [4.69, 9.17) is 1.37 Å². The Labute approximate surface area is 160 Å². The molecule has 6 nitrogen and oxygen atoms in total. The summed E-state index contributed by atoms with van der Waals surface area (Å²) in [6, 6.07) is -4.46. The fraction of sp³-hybridized carbons (Fsp3) is 0.667. The molecule has 0 saturated heterocycles. The van der Waals surface area contributed by atoms with Crippen LogP contribution in [-0.2, 0) is 0 Å². The highest BCUT2D eigenvalue weighted by atomic mass is 19.4. The molecule has 1 aromatic heterocycles. The summed E-state index contributed by atoms with van der Waals surface area (Å²) in [5, 5.41) is 13.3. The van der Waals surface area contributed by atoms with E-state index in [1.807, 2.05) is 10.6 Å². The second-order valence-electron chi connectivity index (χ2n) is 6.31. The van der Waals surface area contributed by atoms with Crippen molar-refractivity contribution in [2.24, 2.45) is 0 Å². The number of aromatic nitrogens is 3. The molecule has 0 aliphatic heterocycles. The van der Waals surface area contributed by atoms with Crippen LogP contribution in [0.4, 0.5) is 47.0 Å². The predicted molar refractivity (Wildman–Crippen MR) is 86.3 cm³/mol. The zero-order valence-electron chi connectivity index (χ0n) is 16.0. The number of allylic oxidation sites excluding steroid dienone is 1. The Morgan fingerprint density at radius 1 is 1.00 bits per heavy atom. The van der Waals surface area contributed by atoms with Crippen molar-refractivity contribution in [2.75, 3.05) is 10.6 Å². The SMILES string of the molecule is [2H][C@@]1(O)C(F)=C(c2nc(N[C@H](C)C(F)(F)F)nc(N[C@H](C)C(F)(F)F)n2)CCC1F. The van der Waals surface area contributed by atoms with Crippen LogP contribution in [0.25, 0.3) is 5.57 Å². The van der Waals surface area contributed by atoms with Gasteiger partial charge in [-0.1, -0.05) is 0 Å². The van der Waals surface area contributed by atoms with Crippen molar-refractivity contribution in [1.82, 2.24) is 15.0 Å². The number of alkyl halides is 7. The van der Waals surface area contributed by atoms with Crippen molar-refractivity contribution >= 4 is 17.5 Å². The molecule has 29 heavy (non-hydrogen) atoms. The maximum absolute atomic E-state index is 14.4. The lowest BCUT2D eigenvalue weighted by atomic mass is 9.94. The van der Waals surface area contributed by atoms with Crippen LogP contribution in [0.1, 0.15) is 33.9 Å². The zero-order valence-corrected chi connectivity index (χ0v) is 15.0. The standard InChI is InChI=1S/C15H17F8N5O/c1-5(14(18,19)20)24-12-26-11(7-3-4-8(16)10(29)9(7)17)27-13(28-12)25-6(2)15(21,22)23/h5-6,8,10,29H,3-4H2,1-2H3,(H2,24,25,26,27,28)/t5-,6-,8?,10+/m1/s1/i10D. The first kappa shape index (κ1) is 21.5. The molecule has 0 radical (unpaired) electrons. The van der Waals surface area contributed by atoms with Crippen molar-refractivity contribution in [2.45, 2.75) is 63.4 Å². The third kappa shape index (κ3) is 5.64. The third-order valence-corrected chi connectivity index (χ3v) is 4.01. The van der Waals surface area contributed by atoms with Gasteiger partial charge in [0.05, 0.1) is 1.37 Å². The Morgan fingerprint density at radius 3 is 1.86 bits per heavy atom. The van der Waals surface area contributed by atoms with Crippen LogP contribution in [0.15, 0.2) is 5.83 Å². The molecule has 3 N–H and O–H groups in total. The van der Waals surface area contributed by atoms with Gasteiger partial charge in [0.2, 0.25) is 11.9 Å². The Kier molecular flexibility index (Phi) is 6.10. The first-order valence-corrected chi connectivity index (χ1v) is 8.22. The molecule has 0 fully saturated rings. The van der Waals surface area contributed by atoms with Gasteiger partial charge in [0.1, 0.15) is 30.2 Å². The smallest absolute Gasteiger partial charge is 0.383 e. The zero-order chi connectivity index (χ0) is 23.1. The van der Waals surface area contributed by atoms with E-state index in [0.717, 1.165) is 0 Å². The highest BCUT2D eigenvalue weighted by molar-refractivity contribution is 5.65. The highest BCUT2D eigenvalue weighted by Crippen LogP contribution is 2.34. The number of halogens is 8. The number of anilines is 2. The van der Waals surface area contributed by atoms with Crippen LogP contribution in [0.3, 0.4) is 0 Å². The summed E-state index contributed by atoms with van der Waals surface area (Å²) in [6.45, 7) is 1.37. The fourth-order valence-electron chi connectivity index (χ4n) is 2.21. The van der Waals surface area contributed by atoms with Crippen molar-refractivity contribution in [3.8, 4) is 0 Å². The molecule has 0 amide bonds. The molecule has 0 aromatic carbocycles. The third-order valence-electron chi connectivity index (χ3n) is 4.01. The van der Waals surface area contributed by atoms with Crippen molar-refractivity contribution in [3.05, 3.63) is 11.7 Å². The second kappa shape index (κ2) is 8.24. The monoisotopic (exact) mass is 436 g/mol. The Bertz CT molecular complexity index is 773. The average Bonchev–Trinajstić information content (AvgIpc) is 2.58. The van der Waals surface area contributed by atoms with E-state index >= 15 is 0 Å². The van der Waals surface area contributed by atoms with Gasteiger partial charge in [-0.2, -0.15) is 41.3 Å². The summed E-state index contributed by atoms with van der Waals surface area (Å²) >= 11 is 0. The molecule has 1 aromatic rings. The number of rotatable bonds is 5. The quantitative estimate of drug-likeness (QED) is 0.610. The van der Waals surface area contributed by atoms with Gasteiger partial charge < -0.3 is 15.7 Å². The molecular formula is C15H17F8N5O. The Hall–Kier alpha value is -2.25. The summed E-state index contributed by atoms with van der Waals surface area (Å²) in [4.78, 5) is 10.5. The highest BCUT2D eigenvalue weighted by Gasteiger charge is 2.39. The van der Waals surface area contributed by atoms with Crippen molar-refractivity contribution in [1.29, 1.82) is 0 Å². The molecule has 2 rings (SSSR count). The molecule has 1 unspecified atom stereocenters. The van der Waals surface area contributed by atoms with E-state index in [1.54, 1.807) is 0 Å². The number of hydrogen-bond acceptors (Lipinski definition) is 6. The summed E-state index contributed by atoms with van der Waals surface area (Å²) in [7, 11) is 0. The number of aliphatic hydroxyl groups is 1. The lowest BCUT2D eigenvalue weighted by Gasteiger charge is -2.24. The first-order chi connectivity index (χ1) is 13.5. The largest absolute Gasteiger partial charge is 0.408 e. The van der Waals surface area contributed by atoms with Gasteiger partial charge in [0, 0.05) is 5.57 Å². The summed E-state index contributed by atoms with van der Waals surface area (Å²) in [5.41, 5.74) is -0.630. The molecule has 1 heterocycles. The van der Waals surface area contributed by atoms with E-state index in [1.165, 1.54) is 0 Å². The number of hydrogen-bond donors (Lipinski definition) is 3. The van der Waals surface area contributed by atoms with Crippen LogP contribution in [0, 0.1) is 0 Å². The average molecular weight is 436 g/mol. The topological polar surface area (TPSA) is 83.0 Å². The second-order valence-corrected chi connectivity index (χ2v) is 6.31. The van der Waals surface area contributed by atoms with Crippen molar-refractivity contribution < 1.29 is 41.6 Å². The van der Waals surface area contributed by atoms with Gasteiger partial charge in [0.25, 0.3) is 0 Å². The van der Waals surface area contributed by atoms with Gasteiger partial charge in [-0.25, -0.2) is 8.78 Å². The number of nitrogens with zero attached hydrogens (tertiary/aromatic N) is 3. The molecule has 1 aliphatic rings. The molecule has 0 spiro atoms. The van der Waals surface area contributed by atoms with Crippen LogP contribution in [0.5, 0.6) is 0 Å². The van der Waals surface area contributed by atoms with Gasteiger partial charge in [-0.15, -0.1) is 0 Å². The first-order valence-electron chi connectivity index (χ1n) is 8.72. The predicted octanol–water partition coefficient (Wildman–Crippen LogP) is 3.77. The lowest BCUT2D eigenvalue weighted by molar-refractivity contribution is -0.139. The van der Waals surface area contributed by atoms with E-state index < -0.39 is 78.7 Å². The minimum Gasteiger partial charge on any atom is -0.383 e. The lowest BCUT2D eigenvalue weighted by Crippen LogP contribution is -2.35. The van der Waals surface area contributed by atoms with Gasteiger partial charge in [0.15, 0.2) is 5.82 Å². The molecular weight excluding hydrogens is 418 g/mol. The van der Waals surface area contributed by atoms with Gasteiger partial charge in [-0.05, 0) is 26.7 Å². The maximum Gasteiger partial charge on any atom is 0.408 e. The van der Waals surface area contributed by atoms with E-state index in [-0.39, 0.29) is 0 Å². The summed E-state index contributed by atoms with van der Waals surface area (Å²) in [6.07, 6.45) is -16.1. The Balaban J connectivity index is 2.52. The van der Waals surface area contributed by atoms with E-state index in [9.17, 15) is 40.2 Å². The maximum atomic E-state index is 14.4. The van der Waals surface area contributed by atoms with Crippen LogP contribution < -0.4 is 10.6 Å². The minimum absolute atomic E-state index is 0.458. The molecule has 0 saturated carbocycles. The van der Waals surface area contributed by atoms with Crippen molar-refractivity contribution in [3.63, 3.8) is 0 Å². The van der Waals surface area contributed by atoms with Crippen LogP contribution in [0.2, 0.25) is 0 Å². The van der Waals surface area contributed by atoms with Gasteiger partial charge in [-0.3, -0.25) is 0 Å². The summed E-state index contributed by atoms with van der Waals surface area (Å²) < 4.78 is 112. The summed E-state index contributed by atoms with van der Waals surface area (Å²) in [5.74, 6) is -4.11. The molecule has 1 aliphatic carbocycles. The van der Waals surface area contributed by atoms with Crippen LogP contribution >= 0.6 is 0 Å². The molecule has 4 atom stereocenters. The molecule has 0 bridgehead atoms. The molecule has 164 valence electrons.